The molecule has 1 aliphatic heterocycles. The Morgan fingerprint density at radius 2 is 1.74 bits per heavy atom. The molecule has 5 saturated carbocycles. The molecule has 0 saturated heterocycles. The molecule has 3 N–H and O–H groups in total. The Kier molecular flexibility index (Phi) is 5.78. The first-order valence-corrected chi connectivity index (χ1v) is 14.3. The average Bonchev–Trinajstić information content (AvgIpc) is 3.38. The van der Waals surface area contributed by atoms with Gasteiger partial charge in [-0.25, -0.2) is 4.79 Å². The van der Waals surface area contributed by atoms with E-state index in [1.165, 1.54) is 19.3 Å². The van der Waals surface area contributed by atoms with Crippen molar-refractivity contribution in [1.82, 2.24) is 0 Å². The van der Waals surface area contributed by atoms with Gasteiger partial charge in [0.25, 0.3) is 0 Å². The lowest BCUT2D eigenvalue weighted by atomic mass is 9.41. The van der Waals surface area contributed by atoms with Crippen molar-refractivity contribution in [1.29, 1.82) is 0 Å². The van der Waals surface area contributed by atoms with Crippen LogP contribution in [0.5, 0.6) is 0 Å². The number of aliphatic hydroxyl groups excluding tert-OH is 1. The Morgan fingerprint density at radius 3 is 2.49 bits per heavy atom. The van der Waals surface area contributed by atoms with Gasteiger partial charge in [0.05, 0.1) is 17.3 Å². The molecule has 6 rings (SSSR count). The fraction of sp³-hybridized carbons (Fsp3) is 0.862. The molecular formula is C29H43NO5. The number of fused-ring (bicyclic) bond motifs is 5. The lowest BCUT2D eigenvalue weighted by Gasteiger charge is -2.65. The molecule has 5 fully saturated rings. The topological polar surface area (TPSA) is 99.4 Å². The monoisotopic (exact) mass is 485 g/mol. The number of aliphatic hydroxyl groups is 3. The van der Waals surface area contributed by atoms with E-state index in [2.05, 4.69) is 13.1 Å². The van der Waals surface area contributed by atoms with Gasteiger partial charge in [-0.1, -0.05) is 26.2 Å². The van der Waals surface area contributed by atoms with Crippen LogP contribution in [0.4, 0.5) is 0 Å². The van der Waals surface area contributed by atoms with Crippen molar-refractivity contribution in [2.45, 2.75) is 120 Å². The van der Waals surface area contributed by atoms with Crippen molar-refractivity contribution in [3.63, 3.8) is 0 Å². The Morgan fingerprint density at radius 1 is 0.971 bits per heavy atom. The quantitative estimate of drug-likeness (QED) is 0.413. The Balaban J connectivity index is 1.36. The third kappa shape index (κ3) is 3.45. The normalized spacial score (nSPS) is 50.4. The highest BCUT2D eigenvalue weighted by Crippen LogP contribution is 2.70. The van der Waals surface area contributed by atoms with Crippen LogP contribution >= 0.6 is 0 Å². The Labute approximate surface area is 209 Å². The van der Waals surface area contributed by atoms with Crippen molar-refractivity contribution < 1.29 is 24.9 Å². The van der Waals surface area contributed by atoms with E-state index in [-0.39, 0.29) is 29.1 Å². The lowest BCUT2D eigenvalue weighted by molar-refractivity contribution is -0.237. The molecule has 0 bridgehead atoms. The molecule has 6 aliphatic rings. The minimum atomic E-state index is -0.958. The van der Waals surface area contributed by atoms with Crippen LogP contribution in [0.25, 0.3) is 0 Å². The summed E-state index contributed by atoms with van der Waals surface area (Å²) in [5, 5.41) is 35.2. The van der Waals surface area contributed by atoms with Crippen molar-refractivity contribution >= 4 is 12.2 Å². The molecule has 0 amide bonds. The van der Waals surface area contributed by atoms with Gasteiger partial charge in [-0.2, -0.15) is 0 Å². The van der Waals surface area contributed by atoms with Crippen molar-refractivity contribution in [2.24, 2.45) is 33.6 Å². The molecule has 8 atom stereocenters. The Hall–Kier alpha value is -1.24. The van der Waals surface area contributed by atoms with E-state index < -0.39 is 22.7 Å². The molecule has 0 aromatic heterocycles. The van der Waals surface area contributed by atoms with Crippen LogP contribution < -0.4 is 0 Å². The van der Waals surface area contributed by atoms with E-state index in [9.17, 15) is 20.1 Å². The molecule has 194 valence electrons. The molecular weight excluding hydrogens is 442 g/mol. The highest BCUT2D eigenvalue weighted by Gasteiger charge is 2.71. The SMILES string of the molecule is C[C@]12CC[C@H]3[C@@H](CC[C@@]4(O)C[C@@H](O)CC[C@]34C=NC3CCCCC3)[C@]1(O)CC[C@@H]2C1=CC(=O)OC1. The van der Waals surface area contributed by atoms with Gasteiger partial charge in [0.1, 0.15) is 6.61 Å². The smallest absolute Gasteiger partial charge is 0.331 e. The molecule has 35 heavy (non-hydrogen) atoms. The largest absolute Gasteiger partial charge is 0.458 e. The number of aliphatic imine (C=N–C) groups is 1. The number of ether oxygens (including phenoxy) is 1. The third-order valence-electron chi connectivity index (χ3n) is 11.7. The van der Waals surface area contributed by atoms with Gasteiger partial charge in [-0.15, -0.1) is 0 Å². The summed E-state index contributed by atoms with van der Waals surface area (Å²) in [6, 6.07) is 0.342. The number of rotatable bonds is 3. The number of esters is 1. The van der Waals surface area contributed by atoms with E-state index in [0.29, 0.717) is 31.9 Å². The molecule has 0 aromatic carbocycles. The second kappa shape index (κ2) is 8.39. The van der Waals surface area contributed by atoms with Crippen LogP contribution in [0.3, 0.4) is 0 Å². The number of carbonyl (C=O) groups excluding carboxylic acids is 1. The van der Waals surface area contributed by atoms with Gasteiger partial charge in [0.2, 0.25) is 0 Å². The molecule has 0 aromatic rings. The predicted molar refractivity (Wildman–Crippen MR) is 133 cm³/mol. The van der Waals surface area contributed by atoms with Crippen LogP contribution in [-0.2, 0) is 9.53 Å². The summed E-state index contributed by atoms with van der Waals surface area (Å²) in [6.07, 6.45) is 16.0. The summed E-state index contributed by atoms with van der Waals surface area (Å²) in [6.45, 7) is 2.59. The maximum atomic E-state index is 12.5. The minimum Gasteiger partial charge on any atom is -0.458 e. The second-order valence-electron chi connectivity index (χ2n) is 13.1. The first kappa shape index (κ1) is 24.1. The number of hydrogen-bond donors (Lipinski definition) is 3. The van der Waals surface area contributed by atoms with E-state index in [1.807, 2.05) is 0 Å². The summed E-state index contributed by atoms with van der Waals surface area (Å²) in [7, 11) is 0. The van der Waals surface area contributed by atoms with Crippen molar-refractivity contribution in [3.8, 4) is 0 Å². The van der Waals surface area contributed by atoms with Gasteiger partial charge in [0.15, 0.2) is 0 Å². The fourth-order valence-electron chi connectivity index (χ4n) is 9.83. The van der Waals surface area contributed by atoms with Crippen LogP contribution in [0.1, 0.15) is 96.8 Å². The fourth-order valence-corrected chi connectivity index (χ4v) is 9.83. The zero-order valence-corrected chi connectivity index (χ0v) is 21.3. The second-order valence-corrected chi connectivity index (χ2v) is 13.1. The Bertz CT molecular complexity index is 926. The van der Waals surface area contributed by atoms with Gasteiger partial charge in [-0.05, 0) is 87.5 Å². The molecule has 0 spiro atoms. The molecule has 6 nitrogen and oxygen atoms in total. The van der Waals surface area contributed by atoms with Gasteiger partial charge in [0, 0.05) is 35.6 Å². The molecule has 0 unspecified atom stereocenters. The number of carbonyl (C=O) groups is 1. The van der Waals surface area contributed by atoms with E-state index in [1.54, 1.807) is 6.08 Å². The summed E-state index contributed by atoms with van der Waals surface area (Å²) < 4.78 is 5.25. The summed E-state index contributed by atoms with van der Waals surface area (Å²) in [5.41, 5.74) is -1.50. The number of cyclic esters (lactones) is 1. The first-order valence-electron chi connectivity index (χ1n) is 14.3. The maximum Gasteiger partial charge on any atom is 0.331 e. The average molecular weight is 486 g/mol. The molecule has 6 heteroatoms. The maximum absolute atomic E-state index is 12.5. The van der Waals surface area contributed by atoms with Gasteiger partial charge in [-0.3, -0.25) is 4.99 Å². The van der Waals surface area contributed by atoms with Crippen LogP contribution in [-0.4, -0.2) is 57.5 Å². The van der Waals surface area contributed by atoms with Crippen LogP contribution in [0.15, 0.2) is 16.6 Å². The molecule has 5 aliphatic carbocycles. The first-order chi connectivity index (χ1) is 16.7. The van der Waals surface area contributed by atoms with E-state index in [0.717, 1.165) is 56.9 Å². The standard InChI is InChI=1S/C29H43NO5/c1-26-11-8-23-24(29(26,34)14-10-22(26)19-15-25(32)35-17-19)9-13-28(33)16-21(31)7-12-27(23,28)18-30-20-5-3-2-4-6-20/h15,18,20-24,31,33-34H,2-14,16-17H2,1H3/t21-,22+,23-,24+,26+,27-,28+,29+/m0/s1. The summed E-state index contributed by atoms with van der Waals surface area (Å²) >= 11 is 0. The molecule has 0 radical (unpaired) electrons. The van der Waals surface area contributed by atoms with Crippen molar-refractivity contribution in [3.05, 3.63) is 11.6 Å². The zero-order chi connectivity index (χ0) is 24.5. The highest BCUT2D eigenvalue weighted by molar-refractivity contribution is 5.85. The summed E-state index contributed by atoms with van der Waals surface area (Å²) in [5.74, 6) is 0.168. The lowest BCUT2D eigenvalue weighted by Crippen LogP contribution is -2.68. The number of nitrogens with zero attached hydrogens (tertiary/aromatic N) is 1. The van der Waals surface area contributed by atoms with Crippen LogP contribution in [0.2, 0.25) is 0 Å². The number of hydrogen-bond acceptors (Lipinski definition) is 6. The zero-order valence-electron chi connectivity index (χ0n) is 21.3. The minimum absolute atomic E-state index is 0.0956. The summed E-state index contributed by atoms with van der Waals surface area (Å²) in [4.78, 5) is 17.0. The third-order valence-corrected chi connectivity index (χ3v) is 11.7. The van der Waals surface area contributed by atoms with Gasteiger partial charge < -0.3 is 20.1 Å². The predicted octanol–water partition coefficient (Wildman–Crippen LogP) is 4.10. The van der Waals surface area contributed by atoms with Crippen LogP contribution in [0, 0.1) is 28.6 Å². The van der Waals surface area contributed by atoms with E-state index in [4.69, 9.17) is 9.73 Å². The van der Waals surface area contributed by atoms with Gasteiger partial charge >= 0.3 is 5.97 Å². The highest BCUT2D eigenvalue weighted by atomic mass is 16.5. The van der Waals surface area contributed by atoms with E-state index >= 15 is 0 Å². The molecule has 1 heterocycles. The van der Waals surface area contributed by atoms with Crippen molar-refractivity contribution in [2.75, 3.05) is 6.61 Å².